The molecule has 35 heavy (non-hydrogen) atoms. The highest BCUT2D eigenvalue weighted by Crippen LogP contribution is 2.48. The number of alkyl halides is 4. The van der Waals surface area contributed by atoms with Crippen LogP contribution >= 0.6 is 23.2 Å². The van der Waals surface area contributed by atoms with E-state index in [1.165, 1.54) is 35.2 Å². The van der Waals surface area contributed by atoms with Crippen LogP contribution in [-0.2, 0) is 25.8 Å². The van der Waals surface area contributed by atoms with Gasteiger partial charge in [0.2, 0.25) is 0 Å². The molecule has 0 saturated carbocycles. The van der Waals surface area contributed by atoms with E-state index in [9.17, 15) is 18.0 Å². The monoisotopic (exact) mass is 534 g/mol. The van der Waals surface area contributed by atoms with Gasteiger partial charge in [0.15, 0.2) is 5.67 Å². The normalized spacial score (nSPS) is 21.5. The fraction of sp³-hybridized carbons (Fsp3) is 0.391. The van der Waals surface area contributed by atoms with Gasteiger partial charge in [0.05, 0.1) is 18.7 Å². The van der Waals surface area contributed by atoms with Crippen LogP contribution in [0.3, 0.4) is 0 Å². The summed E-state index contributed by atoms with van der Waals surface area (Å²) >= 11 is 11.7. The number of ether oxygens (including phenoxy) is 2. The highest BCUT2D eigenvalue weighted by atomic mass is 35.5. The fourth-order valence-electron chi connectivity index (χ4n) is 3.63. The molecule has 1 unspecified atom stereocenters. The van der Waals surface area contributed by atoms with Crippen LogP contribution in [0, 0.1) is 0 Å². The highest BCUT2D eigenvalue weighted by molar-refractivity contribution is 6.34. The van der Waals surface area contributed by atoms with Gasteiger partial charge < -0.3 is 19.2 Å². The number of likely N-dealkylation sites (tertiary alicyclic amines) is 1. The number of nitrogens with zero attached hydrogens (tertiary/aromatic N) is 2. The summed E-state index contributed by atoms with van der Waals surface area (Å²) in [6.07, 6.45) is -5.66. The predicted molar refractivity (Wildman–Crippen MR) is 120 cm³/mol. The average Bonchev–Trinajstić information content (AvgIpc) is 3.16. The minimum absolute atomic E-state index is 0.0460. The zero-order valence-corrected chi connectivity index (χ0v) is 20.3. The maximum Gasteiger partial charge on any atom is 0.475 e. The van der Waals surface area contributed by atoms with Crippen molar-refractivity contribution in [3.63, 3.8) is 0 Å². The van der Waals surface area contributed by atoms with Gasteiger partial charge in [-0.2, -0.15) is 13.2 Å². The molecule has 0 aliphatic carbocycles. The van der Waals surface area contributed by atoms with Gasteiger partial charge in [0.25, 0.3) is 5.90 Å². The molecule has 0 spiro atoms. The highest BCUT2D eigenvalue weighted by Gasteiger charge is 2.66. The Morgan fingerprint density at radius 1 is 1.03 bits per heavy atom. The molecule has 2 aromatic rings. The molecule has 1 atom stereocenters. The molecule has 2 heterocycles. The Bertz CT molecular complexity index is 1160. The molecule has 2 aliphatic rings. The van der Waals surface area contributed by atoms with Crippen molar-refractivity contribution in [2.75, 3.05) is 13.1 Å². The van der Waals surface area contributed by atoms with Crippen LogP contribution in [0.15, 0.2) is 47.6 Å². The topological polar surface area (TPSA) is 60.4 Å². The van der Waals surface area contributed by atoms with Crippen molar-refractivity contribution in [2.45, 2.75) is 44.0 Å². The lowest BCUT2D eigenvalue weighted by Gasteiger charge is -2.44. The summed E-state index contributed by atoms with van der Waals surface area (Å²) < 4.78 is 67.8. The summed E-state index contributed by atoms with van der Waals surface area (Å²) in [5.74, 6) is -3.71. The van der Waals surface area contributed by atoms with Gasteiger partial charge in [0, 0.05) is 15.6 Å². The molecule has 0 aromatic heterocycles. The van der Waals surface area contributed by atoms with E-state index < -0.39 is 40.8 Å². The molecular formula is C23H20Cl2F4N2O4. The van der Waals surface area contributed by atoms with Crippen LogP contribution in [0.4, 0.5) is 22.4 Å². The maximum absolute atomic E-state index is 15.3. The zero-order chi connectivity index (χ0) is 25.8. The van der Waals surface area contributed by atoms with Gasteiger partial charge in [-0.25, -0.2) is 9.18 Å². The summed E-state index contributed by atoms with van der Waals surface area (Å²) in [7, 11) is 0. The molecule has 12 heteroatoms. The van der Waals surface area contributed by atoms with Crippen LogP contribution in [0.2, 0.25) is 10.0 Å². The van der Waals surface area contributed by atoms with Crippen molar-refractivity contribution < 1.29 is 36.7 Å². The third-order valence-corrected chi connectivity index (χ3v) is 5.73. The molecule has 0 radical (unpaired) electrons. The molecule has 2 aromatic carbocycles. The Hall–Kier alpha value is -2.72. The van der Waals surface area contributed by atoms with Crippen LogP contribution in [0.1, 0.15) is 37.5 Å². The van der Waals surface area contributed by atoms with Crippen LogP contribution in [0.5, 0.6) is 0 Å². The largest absolute Gasteiger partial charge is 0.475 e. The van der Waals surface area contributed by atoms with E-state index in [0.29, 0.717) is 0 Å². The van der Waals surface area contributed by atoms with Crippen LogP contribution in [-0.4, -0.2) is 41.8 Å². The van der Waals surface area contributed by atoms with Gasteiger partial charge in [-0.3, -0.25) is 0 Å². The summed E-state index contributed by atoms with van der Waals surface area (Å²) in [5, 5.41) is 3.39. The van der Waals surface area contributed by atoms with E-state index in [1.807, 2.05) is 0 Å². The van der Waals surface area contributed by atoms with E-state index in [2.05, 4.69) is 5.16 Å². The molecule has 0 N–H and O–H groups in total. The molecule has 188 valence electrons. The van der Waals surface area contributed by atoms with Crippen molar-refractivity contribution in [2.24, 2.45) is 5.16 Å². The minimum Gasteiger partial charge on any atom is -0.444 e. The van der Waals surface area contributed by atoms with Gasteiger partial charge in [-0.15, -0.1) is 0 Å². The number of hydrogen-bond donors (Lipinski definition) is 0. The summed E-state index contributed by atoms with van der Waals surface area (Å²) in [6.45, 7) is 4.69. The van der Waals surface area contributed by atoms with Crippen molar-refractivity contribution >= 4 is 35.2 Å². The molecule has 4 rings (SSSR count). The molecule has 2 aliphatic heterocycles. The van der Waals surface area contributed by atoms with Crippen molar-refractivity contribution in [1.82, 2.24) is 4.90 Å². The maximum atomic E-state index is 15.3. The van der Waals surface area contributed by atoms with E-state index in [-0.39, 0.29) is 34.3 Å². The fourth-order valence-corrected chi connectivity index (χ4v) is 4.15. The van der Waals surface area contributed by atoms with E-state index in [1.54, 1.807) is 20.8 Å². The second-order valence-corrected chi connectivity index (χ2v) is 10.1. The quantitative estimate of drug-likeness (QED) is 0.420. The number of amides is 1. The van der Waals surface area contributed by atoms with E-state index in [0.717, 1.165) is 12.1 Å². The predicted octanol–water partition coefficient (Wildman–Crippen LogP) is 6.53. The zero-order valence-electron chi connectivity index (χ0n) is 18.8. The lowest BCUT2D eigenvalue weighted by atomic mass is 9.88. The first-order chi connectivity index (χ1) is 16.1. The minimum atomic E-state index is -5.04. The first kappa shape index (κ1) is 25.4. The lowest BCUT2D eigenvalue weighted by molar-refractivity contribution is -0.352. The Kier molecular flexibility index (Phi) is 6.12. The van der Waals surface area contributed by atoms with Crippen LogP contribution < -0.4 is 0 Å². The van der Waals surface area contributed by atoms with Gasteiger partial charge in [-0.1, -0.05) is 35.3 Å². The van der Waals surface area contributed by atoms with Gasteiger partial charge in [-0.05, 0) is 61.8 Å². The molecule has 1 amide bonds. The van der Waals surface area contributed by atoms with E-state index in [4.69, 9.17) is 37.5 Å². The Morgan fingerprint density at radius 3 is 2.11 bits per heavy atom. The SMILES string of the molecule is CC(C)(C)OC(=O)N1CC(F)(c2ccc(C3=NOC(c4cc(Cl)cc(Cl)c4)(C(F)(F)F)O3)cc2)C1. The van der Waals surface area contributed by atoms with Gasteiger partial charge in [0.1, 0.15) is 5.60 Å². The third kappa shape index (κ3) is 4.86. The number of carbonyl (C=O) groups is 1. The Balaban J connectivity index is 1.50. The number of rotatable bonds is 3. The number of benzene rings is 2. The standard InChI is InChI=1S/C23H20Cl2F4N2O4/c1-20(2,3)34-19(32)31-11-21(26,12-31)14-6-4-13(5-7-14)18-30-35-22(33-18,23(27,28)29)15-8-16(24)10-17(25)9-15/h4-10H,11-12H2,1-3H3. The van der Waals surface area contributed by atoms with Crippen molar-refractivity contribution in [3.8, 4) is 0 Å². The van der Waals surface area contributed by atoms with Crippen molar-refractivity contribution in [1.29, 1.82) is 0 Å². The molecule has 6 nitrogen and oxygen atoms in total. The van der Waals surface area contributed by atoms with Gasteiger partial charge >= 0.3 is 18.1 Å². The number of carbonyl (C=O) groups excluding carboxylic acids is 1. The van der Waals surface area contributed by atoms with Crippen LogP contribution in [0.25, 0.3) is 0 Å². The molecule has 1 fully saturated rings. The smallest absolute Gasteiger partial charge is 0.444 e. The third-order valence-electron chi connectivity index (χ3n) is 5.30. The first-order valence-corrected chi connectivity index (χ1v) is 11.1. The second-order valence-electron chi connectivity index (χ2n) is 9.24. The summed E-state index contributed by atoms with van der Waals surface area (Å²) in [4.78, 5) is 18.1. The molecule has 1 saturated heterocycles. The second kappa shape index (κ2) is 8.44. The summed E-state index contributed by atoms with van der Waals surface area (Å²) in [6, 6.07) is 8.78. The first-order valence-electron chi connectivity index (χ1n) is 10.4. The summed E-state index contributed by atoms with van der Waals surface area (Å²) in [5.41, 5.74) is -2.65. The van der Waals surface area contributed by atoms with E-state index >= 15 is 4.39 Å². The number of oxime groups is 1. The number of halogens is 6. The molecule has 0 bridgehead atoms. The Morgan fingerprint density at radius 2 is 1.60 bits per heavy atom. The average molecular weight is 535 g/mol. The molecular weight excluding hydrogens is 515 g/mol. The lowest BCUT2D eigenvalue weighted by Crippen LogP contribution is -2.59. The number of hydrogen-bond acceptors (Lipinski definition) is 5. The Labute approximate surface area is 208 Å². The van der Waals surface area contributed by atoms with Crippen molar-refractivity contribution in [3.05, 3.63) is 69.2 Å².